The van der Waals surface area contributed by atoms with Gasteiger partial charge in [-0.15, -0.1) is 0 Å². The number of ether oxygens (including phenoxy) is 1. The number of nitrogens with one attached hydrogen (secondary N) is 1. The Balaban J connectivity index is 2.12. The van der Waals surface area contributed by atoms with Crippen LogP contribution in [0.3, 0.4) is 0 Å². The fourth-order valence-corrected chi connectivity index (χ4v) is 1.73. The SMILES string of the molecule is CCOCCNCCN(C)Cc1cccc(C)n1. The molecule has 0 radical (unpaired) electrons. The van der Waals surface area contributed by atoms with Crippen LogP contribution >= 0.6 is 0 Å². The fourth-order valence-electron chi connectivity index (χ4n) is 1.73. The molecule has 0 fully saturated rings. The van der Waals surface area contributed by atoms with E-state index < -0.39 is 0 Å². The largest absolute Gasteiger partial charge is 0.380 e. The molecule has 102 valence electrons. The molecule has 0 bridgehead atoms. The number of rotatable bonds is 9. The second-order valence-corrected chi connectivity index (χ2v) is 4.46. The van der Waals surface area contributed by atoms with E-state index in [1.165, 1.54) is 0 Å². The van der Waals surface area contributed by atoms with Crippen molar-refractivity contribution >= 4 is 0 Å². The maximum atomic E-state index is 5.26. The number of hydrogen-bond acceptors (Lipinski definition) is 4. The van der Waals surface area contributed by atoms with E-state index >= 15 is 0 Å². The molecule has 18 heavy (non-hydrogen) atoms. The average Bonchev–Trinajstić information content (AvgIpc) is 2.33. The van der Waals surface area contributed by atoms with E-state index in [-0.39, 0.29) is 0 Å². The van der Waals surface area contributed by atoms with Crippen LogP contribution in [0, 0.1) is 6.92 Å². The van der Waals surface area contributed by atoms with Gasteiger partial charge >= 0.3 is 0 Å². The maximum Gasteiger partial charge on any atom is 0.0590 e. The van der Waals surface area contributed by atoms with E-state index in [0.29, 0.717) is 0 Å². The topological polar surface area (TPSA) is 37.4 Å². The van der Waals surface area contributed by atoms with Crippen molar-refractivity contribution in [3.8, 4) is 0 Å². The van der Waals surface area contributed by atoms with Crippen LogP contribution in [0.5, 0.6) is 0 Å². The average molecular weight is 251 g/mol. The van der Waals surface area contributed by atoms with Crippen molar-refractivity contribution in [1.82, 2.24) is 15.2 Å². The zero-order chi connectivity index (χ0) is 13.2. The lowest BCUT2D eigenvalue weighted by Crippen LogP contribution is -2.31. The molecule has 1 rings (SSSR count). The van der Waals surface area contributed by atoms with Gasteiger partial charge in [-0.05, 0) is 33.0 Å². The van der Waals surface area contributed by atoms with Crippen LogP contribution in [0.15, 0.2) is 18.2 Å². The van der Waals surface area contributed by atoms with E-state index in [1.54, 1.807) is 0 Å². The first kappa shape index (κ1) is 15.1. The Labute approximate surface area is 110 Å². The van der Waals surface area contributed by atoms with E-state index in [0.717, 1.165) is 50.8 Å². The lowest BCUT2D eigenvalue weighted by atomic mass is 10.3. The number of aromatic nitrogens is 1. The molecule has 0 aliphatic rings. The van der Waals surface area contributed by atoms with Gasteiger partial charge in [-0.25, -0.2) is 0 Å². The summed E-state index contributed by atoms with van der Waals surface area (Å²) >= 11 is 0. The lowest BCUT2D eigenvalue weighted by Gasteiger charge is -2.16. The molecule has 1 aromatic rings. The molecule has 1 aromatic heterocycles. The van der Waals surface area contributed by atoms with Crippen LogP contribution in [0.4, 0.5) is 0 Å². The van der Waals surface area contributed by atoms with Gasteiger partial charge in [-0.3, -0.25) is 9.88 Å². The summed E-state index contributed by atoms with van der Waals surface area (Å²) < 4.78 is 5.26. The molecule has 4 heteroatoms. The summed E-state index contributed by atoms with van der Waals surface area (Å²) in [4.78, 5) is 6.77. The van der Waals surface area contributed by atoms with Crippen LogP contribution in [0.25, 0.3) is 0 Å². The monoisotopic (exact) mass is 251 g/mol. The van der Waals surface area contributed by atoms with Gasteiger partial charge in [0.25, 0.3) is 0 Å². The molecule has 1 N–H and O–H groups in total. The third-order valence-corrected chi connectivity index (χ3v) is 2.68. The summed E-state index contributed by atoms with van der Waals surface area (Å²) in [6.07, 6.45) is 0. The highest BCUT2D eigenvalue weighted by Crippen LogP contribution is 2.01. The molecule has 0 aliphatic carbocycles. The third kappa shape index (κ3) is 6.69. The second kappa shape index (κ2) is 9.03. The van der Waals surface area contributed by atoms with E-state index in [2.05, 4.69) is 34.4 Å². The maximum absolute atomic E-state index is 5.26. The van der Waals surface area contributed by atoms with Crippen molar-refractivity contribution in [2.24, 2.45) is 0 Å². The Kier molecular flexibility index (Phi) is 7.57. The number of nitrogens with zero attached hydrogens (tertiary/aromatic N) is 2. The highest BCUT2D eigenvalue weighted by Gasteiger charge is 2.01. The summed E-state index contributed by atoms with van der Waals surface area (Å²) in [5.41, 5.74) is 2.21. The summed E-state index contributed by atoms with van der Waals surface area (Å²) in [5.74, 6) is 0. The first-order valence-electron chi connectivity index (χ1n) is 6.62. The Bertz CT molecular complexity index is 331. The van der Waals surface area contributed by atoms with Crippen LogP contribution in [-0.2, 0) is 11.3 Å². The standard InChI is InChI=1S/C14H25N3O/c1-4-18-11-9-15-8-10-17(3)12-14-7-5-6-13(2)16-14/h5-7,15H,4,8-12H2,1-3H3. The van der Waals surface area contributed by atoms with Gasteiger partial charge < -0.3 is 10.1 Å². The van der Waals surface area contributed by atoms with Gasteiger partial charge in [0.1, 0.15) is 0 Å². The van der Waals surface area contributed by atoms with Gasteiger partial charge in [-0.1, -0.05) is 6.07 Å². The molecule has 0 saturated heterocycles. The first-order chi connectivity index (χ1) is 8.72. The van der Waals surface area contributed by atoms with Gasteiger partial charge in [0.05, 0.1) is 12.3 Å². The molecule has 0 aromatic carbocycles. The Morgan fingerprint density at radius 1 is 1.33 bits per heavy atom. The smallest absolute Gasteiger partial charge is 0.0590 e. The van der Waals surface area contributed by atoms with Crippen LogP contribution in [0.1, 0.15) is 18.3 Å². The summed E-state index contributed by atoms with van der Waals surface area (Å²) in [6.45, 7) is 9.44. The predicted molar refractivity (Wildman–Crippen MR) is 74.7 cm³/mol. The molecule has 0 amide bonds. The Morgan fingerprint density at radius 3 is 2.89 bits per heavy atom. The van der Waals surface area contributed by atoms with Gasteiger partial charge in [0.2, 0.25) is 0 Å². The molecule has 4 nitrogen and oxygen atoms in total. The number of likely N-dealkylation sites (N-methyl/N-ethyl adjacent to an activating group) is 1. The molecule has 0 atom stereocenters. The minimum absolute atomic E-state index is 0.791. The molecule has 1 heterocycles. The van der Waals surface area contributed by atoms with Crippen molar-refractivity contribution in [3.63, 3.8) is 0 Å². The van der Waals surface area contributed by atoms with Crippen molar-refractivity contribution in [1.29, 1.82) is 0 Å². The van der Waals surface area contributed by atoms with E-state index in [1.807, 2.05) is 19.9 Å². The summed E-state index contributed by atoms with van der Waals surface area (Å²) in [6, 6.07) is 6.16. The van der Waals surface area contributed by atoms with Gasteiger partial charge in [0.15, 0.2) is 0 Å². The minimum Gasteiger partial charge on any atom is -0.380 e. The third-order valence-electron chi connectivity index (χ3n) is 2.68. The first-order valence-corrected chi connectivity index (χ1v) is 6.62. The molecular formula is C14H25N3O. The van der Waals surface area contributed by atoms with Crippen molar-refractivity contribution in [3.05, 3.63) is 29.6 Å². The summed E-state index contributed by atoms with van der Waals surface area (Å²) in [5, 5.41) is 3.36. The predicted octanol–water partition coefficient (Wildman–Crippen LogP) is 1.45. The van der Waals surface area contributed by atoms with Crippen molar-refractivity contribution < 1.29 is 4.74 Å². The Hall–Kier alpha value is -0.970. The normalized spacial score (nSPS) is 11.1. The molecule has 0 unspecified atom stereocenters. The van der Waals surface area contributed by atoms with E-state index in [4.69, 9.17) is 4.74 Å². The van der Waals surface area contributed by atoms with E-state index in [9.17, 15) is 0 Å². The second-order valence-electron chi connectivity index (χ2n) is 4.46. The van der Waals surface area contributed by atoms with Gasteiger partial charge in [-0.2, -0.15) is 0 Å². The van der Waals surface area contributed by atoms with Crippen molar-refractivity contribution in [2.45, 2.75) is 20.4 Å². The number of pyridine rings is 1. The van der Waals surface area contributed by atoms with Crippen LogP contribution < -0.4 is 5.32 Å². The number of aryl methyl sites for hydroxylation is 1. The molecular weight excluding hydrogens is 226 g/mol. The van der Waals surface area contributed by atoms with Crippen molar-refractivity contribution in [2.75, 3.05) is 39.9 Å². The summed E-state index contributed by atoms with van der Waals surface area (Å²) in [7, 11) is 2.12. The molecule has 0 spiro atoms. The quantitative estimate of drug-likeness (QED) is 0.674. The minimum atomic E-state index is 0.791. The number of hydrogen-bond donors (Lipinski definition) is 1. The zero-order valence-electron chi connectivity index (χ0n) is 11.8. The van der Waals surface area contributed by atoms with Crippen LogP contribution in [0.2, 0.25) is 0 Å². The van der Waals surface area contributed by atoms with Gasteiger partial charge in [0, 0.05) is 38.5 Å². The highest BCUT2D eigenvalue weighted by atomic mass is 16.5. The molecule has 0 aliphatic heterocycles. The zero-order valence-corrected chi connectivity index (χ0v) is 11.8. The highest BCUT2D eigenvalue weighted by molar-refractivity contribution is 5.09. The lowest BCUT2D eigenvalue weighted by molar-refractivity contribution is 0.148. The molecule has 0 saturated carbocycles. The van der Waals surface area contributed by atoms with Crippen LogP contribution in [-0.4, -0.2) is 49.8 Å². The fraction of sp³-hybridized carbons (Fsp3) is 0.643. The Morgan fingerprint density at radius 2 is 2.17 bits per heavy atom.